The molecule has 3 aromatic rings. The van der Waals surface area contributed by atoms with E-state index < -0.39 is 5.91 Å². The van der Waals surface area contributed by atoms with Crippen molar-refractivity contribution in [2.24, 2.45) is 5.73 Å². The summed E-state index contributed by atoms with van der Waals surface area (Å²) in [7, 11) is 0. The number of carbonyl (C=O) groups is 2. The van der Waals surface area contributed by atoms with Crippen molar-refractivity contribution in [2.75, 3.05) is 11.1 Å². The first-order valence-electron chi connectivity index (χ1n) is 8.71. The van der Waals surface area contributed by atoms with Gasteiger partial charge in [-0.2, -0.15) is 0 Å². The Bertz CT molecular complexity index is 1020. The van der Waals surface area contributed by atoms with E-state index in [4.69, 9.17) is 5.73 Å². The lowest BCUT2D eigenvalue weighted by Gasteiger charge is -2.10. The fraction of sp³-hybridized carbons (Fsp3) is 0.200. The molecule has 0 aliphatic rings. The molecule has 0 saturated carbocycles. The second-order valence-corrected chi connectivity index (χ2v) is 7.32. The lowest BCUT2D eigenvalue weighted by Crippen LogP contribution is -2.20. The summed E-state index contributed by atoms with van der Waals surface area (Å²) in [6, 6.07) is 15.3. The van der Waals surface area contributed by atoms with Gasteiger partial charge in [0.05, 0.1) is 5.75 Å². The first-order chi connectivity index (χ1) is 13.4. The van der Waals surface area contributed by atoms with E-state index in [1.165, 1.54) is 11.8 Å². The smallest absolute Gasteiger partial charge is 0.237 e. The number of carbonyl (C=O) groups excluding carboxylic acids is 2. The van der Waals surface area contributed by atoms with Gasteiger partial charge < -0.3 is 11.1 Å². The summed E-state index contributed by atoms with van der Waals surface area (Å²) < 4.78 is 1.64. The summed E-state index contributed by atoms with van der Waals surface area (Å²) in [6.07, 6.45) is 0. The molecule has 0 radical (unpaired) electrons. The van der Waals surface area contributed by atoms with Gasteiger partial charge in [-0.15, -0.1) is 10.2 Å². The van der Waals surface area contributed by atoms with Gasteiger partial charge in [-0.05, 0) is 31.5 Å². The van der Waals surface area contributed by atoms with E-state index in [-0.39, 0.29) is 18.2 Å². The minimum absolute atomic E-state index is 0.0575. The normalized spacial score (nSPS) is 10.6. The monoisotopic (exact) mass is 395 g/mol. The Morgan fingerprint density at radius 3 is 2.61 bits per heavy atom. The third-order valence-electron chi connectivity index (χ3n) is 4.06. The molecule has 2 aromatic carbocycles. The van der Waals surface area contributed by atoms with E-state index in [2.05, 4.69) is 15.5 Å². The summed E-state index contributed by atoms with van der Waals surface area (Å²) in [5.41, 5.74) is 9.06. The molecule has 7 nitrogen and oxygen atoms in total. The van der Waals surface area contributed by atoms with Gasteiger partial charge in [0.2, 0.25) is 11.8 Å². The zero-order valence-corrected chi connectivity index (χ0v) is 16.5. The summed E-state index contributed by atoms with van der Waals surface area (Å²) in [6.45, 7) is 3.85. The second kappa shape index (κ2) is 8.71. The van der Waals surface area contributed by atoms with Crippen molar-refractivity contribution in [3.05, 3.63) is 59.7 Å². The Labute approximate surface area is 167 Å². The number of amides is 2. The van der Waals surface area contributed by atoms with Crippen molar-refractivity contribution >= 4 is 29.3 Å². The minimum Gasteiger partial charge on any atom is -0.368 e. The number of primary amides is 1. The van der Waals surface area contributed by atoms with Crippen LogP contribution in [0.25, 0.3) is 11.4 Å². The minimum atomic E-state index is -0.500. The Morgan fingerprint density at radius 1 is 1.11 bits per heavy atom. The maximum atomic E-state index is 12.3. The number of para-hydroxylation sites is 1. The van der Waals surface area contributed by atoms with E-state index in [0.717, 1.165) is 22.4 Å². The number of anilines is 1. The van der Waals surface area contributed by atoms with Crippen LogP contribution in [0, 0.1) is 13.8 Å². The predicted octanol–water partition coefficient (Wildman–Crippen LogP) is 2.78. The highest BCUT2D eigenvalue weighted by atomic mass is 32.2. The van der Waals surface area contributed by atoms with E-state index in [0.29, 0.717) is 11.0 Å². The van der Waals surface area contributed by atoms with Crippen molar-refractivity contribution < 1.29 is 9.59 Å². The van der Waals surface area contributed by atoms with E-state index in [1.54, 1.807) is 4.57 Å². The zero-order valence-electron chi connectivity index (χ0n) is 15.7. The molecule has 0 aliphatic carbocycles. The summed E-state index contributed by atoms with van der Waals surface area (Å²) in [5, 5.41) is 11.7. The topological polar surface area (TPSA) is 103 Å². The van der Waals surface area contributed by atoms with Crippen LogP contribution in [-0.4, -0.2) is 32.3 Å². The lowest BCUT2D eigenvalue weighted by molar-refractivity contribution is -0.118. The molecule has 0 atom stereocenters. The molecular formula is C20H21N5O2S. The molecule has 0 aliphatic heterocycles. The lowest BCUT2D eigenvalue weighted by atomic mass is 10.1. The Balaban J connectivity index is 1.77. The number of aryl methyl sites for hydroxylation is 2. The van der Waals surface area contributed by atoms with Gasteiger partial charge in [-0.1, -0.05) is 53.7 Å². The second-order valence-electron chi connectivity index (χ2n) is 6.38. The molecule has 8 heteroatoms. The quantitative estimate of drug-likeness (QED) is 0.599. The number of aromatic nitrogens is 3. The molecule has 0 fully saturated rings. The van der Waals surface area contributed by atoms with Crippen LogP contribution in [0.5, 0.6) is 0 Å². The summed E-state index contributed by atoms with van der Waals surface area (Å²) in [4.78, 5) is 23.9. The average molecular weight is 395 g/mol. The molecular weight excluding hydrogens is 374 g/mol. The largest absolute Gasteiger partial charge is 0.368 e. The van der Waals surface area contributed by atoms with Crippen LogP contribution < -0.4 is 11.1 Å². The standard InChI is InChI=1S/C20H21N5O2S/c1-13-6-5-8-15(10-13)19-23-24-20(25(19)11-17(21)26)28-12-18(27)22-16-9-4-3-7-14(16)2/h3-10H,11-12H2,1-2H3,(H2,21,26)(H,22,27). The number of hydrogen-bond acceptors (Lipinski definition) is 5. The molecule has 28 heavy (non-hydrogen) atoms. The van der Waals surface area contributed by atoms with E-state index in [1.807, 2.05) is 62.4 Å². The molecule has 0 unspecified atom stereocenters. The summed E-state index contributed by atoms with van der Waals surface area (Å²) in [5.74, 6) is 0.0215. The Hall–Kier alpha value is -3.13. The highest BCUT2D eigenvalue weighted by Crippen LogP contribution is 2.25. The van der Waals surface area contributed by atoms with E-state index in [9.17, 15) is 9.59 Å². The highest BCUT2D eigenvalue weighted by Gasteiger charge is 2.17. The fourth-order valence-electron chi connectivity index (χ4n) is 2.72. The molecule has 0 spiro atoms. The number of rotatable bonds is 7. The number of thioether (sulfide) groups is 1. The van der Waals surface area contributed by atoms with Crippen LogP contribution >= 0.6 is 11.8 Å². The van der Waals surface area contributed by atoms with Gasteiger partial charge >= 0.3 is 0 Å². The Kier molecular flexibility index (Phi) is 6.10. The van der Waals surface area contributed by atoms with Crippen molar-refractivity contribution in [3.63, 3.8) is 0 Å². The molecule has 144 valence electrons. The van der Waals surface area contributed by atoms with Gasteiger partial charge in [-0.3, -0.25) is 14.2 Å². The molecule has 0 bridgehead atoms. The molecule has 3 N–H and O–H groups in total. The SMILES string of the molecule is Cc1cccc(-c2nnc(SCC(=O)Nc3ccccc3C)n2CC(N)=O)c1. The van der Waals surface area contributed by atoms with Gasteiger partial charge in [0, 0.05) is 11.3 Å². The van der Waals surface area contributed by atoms with Crippen molar-refractivity contribution in [1.82, 2.24) is 14.8 Å². The maximum Gasteiger partial charge on any atom is 0.237 e. The predicted molar refractivity (Wildman–Crippen MR) is 110 cm³/mol. The number of nitrogens with one attached hydrogen (secondary N) is 1. The molecule has 3 rings (SSSR count). The van der Waals surface area contributed by atoms with Crippen molar-refractivity contribution in [2.45, 2.75) is 25.5 Å². The Morgan fingerprint density at radius 2 is 1.89 bits per heavy atom. The third-order valence-corrected chi connectivity index (χ3v) is 5.03. The fourth-order valence-corrected chi connectivity index (χ4v) is 3.46. The van der Waals surface area contributed by atoms with Crippen LogP contribution in [0.1, 0.15) is 11.1 Å². The van der Waals surface area contributed by atoms with Gasteiger partial charge in [0.25, 0.3) is 0 Å². The number of benzene rings is 2. The number of hydrogen-bond donors (Lipinski definition) is 2. The number of nitrogens with zero attached hydrogens (tertiary/aromatic N) is 3. The zero-order chi connectivity index (χ0) is 20.1. The van der Waals surface area contributed by atoms with Crippen LogP contribution in [0.2, 0.25) is 0 Å². The van der Waals surface area contributed by atoms with Crippen LogP contribution in [-0.2, 0) is 16.1 Å². The van der Waals surface area contributed by atoms with Crippen LogP contribution in [0.15, 0.2) is 53.7 Å². The molecule has 0 saturated heterocycles. The first-order valence-corrected chi connectivity index (χ1v) is 9.69. The first kappa shape index (κ1) is 19.6. The van der Waals surface area contributed by atoms with Gasteiger partial charge in [-0.25, -0.2) is 0 Å². The van der Waals surface area contributed by atoms with Crippen molar-refractivity contribution in [1.29, 1.82) is 0 Å². The molecule has 2 amide bonds. The highest BCUT2D eigenvalue weighted by molar-refractivity contribution is 7.99. The number of nitrogens with two attached hydrogens (primary N) is 1. The van der Waals surface area contributed by atoms with Crippen LogP contribution in [0.3, 0.4) is 0 Å². The molecule has 1 heterocycles. The van der Waals surface area contributed by atoms with Gasteiger partial charge in [0.15, 0.2) is 11.0 Å². The van der Waals surface area contributed by atoms with Gasteiger partial charge in [0.1, 0.15) is 6.54 Å². The average Bonchev–Trinajstić information content (AvgIpc) is 3.04. The van der Waals surface area contributed by atoms with E-state index >= 15 is 0 Å². The maximum absolute atomic E-state index is 12.3. The van der Waals surface area contributed by atoms with Crippen LogP contribution in [0.4, 0.5) is 5.69 Å². The third kappa shape index (κ3) is 4.77. The molecule has 1 aromatic heterocycles. The summed E-state index contributed by atoms with van der Waals surface area (Å²) >= 11 is 1.21. The van der Waals surface area contributed by atoms with Crippen molar-refractivity contribution in [3.8, 4) is 11.4 Å².